The third-order valence-corrected chi connectivity index (χ3v) is 4.04. The Morgan fingerprint density at radius 1 is 1.48 bits per heavy atom. The number of hydrogen-bond donors (Lipinski definition) is 1. The molecule has 0 radical (unpaired) electrons. The number of amides is 1. The van der Waals surface area contributed by atoms with Gasteiger partial charge >= 0.3 is 0 Å². The predicted octanol–water partition coefficient (Wildman–Crippen LogP) is 2.71. The Balaban J connectivity index is 1.75. The summed E-state index contributed by atoms with van der Waals surface area (Å²) in [4.78, 5) is 17.6. The Labute approximate surface area is 129 Å². The van der Waals surface area contributed by atoms with Gasteiger partial charge in [0.15, 0.2) is 0 Å². The minimum Gasteiger partial charge on any atom is -0.379 e. The predicted molar refractivity (Wildman–Crippen MR) is 80.6 cm³/mol. The van der Waals surface area contributed by atoms with Crippen molar-refractivity contribution < 1.29 is 9.63 Å². The van der Waals surface area contributed by atoms with E-state index in [1.165, 1.54) is 11.3 Å². The molecule has 2 aromatic rings. The third-order valence-electron chi connectivity index (χ3n) is 3.11. The standard InChI is InChI=1S/C13H11ClN4O2S/c1-13(11(19)16-12-17-15-7-21-12)6-10(18-20-13)8-4-2-3-5-9(8)14/h2-5,7H,6H2,1H3,(H,16,17,19). The van der Waals surface area contributed by atoms with Crippen LogP contribution in [0.4, 0.5) is 5.13 Å². The SMILES string of the molecule is CC1(C(=O)Nc2nncs2)CC(c2ccccc2Cl)=NO1. The molecule has 3 rings (SSSR count). The first kappa shape index (κ1) is 14.0. The summed E-state index contributed by atoms with van der Waals surface area (Å²) < 4.78 is 0. The summed E-state index contributed by atoms with van der Waals surface area (Å²) in [5, 5.41) is 15.1. The van der Waals surface area contributed by atoms with Gasteiger partial charge in [-0.3, -0.25) is 10.1 Å². The first-order valence-corrected chi connectivity index (χ1v) is 7.42. The van der Waals surface area contributed by atoms with Crippen molar-refractivity contribution in [2.75, 3.05) is 5.32 Å². The second-order valence-corrected chi connectivity index (χ2v) is 5.96. The highest BCUT2D eigenvalue weighted by atomic mass is 35.5. The van der Waals surface area contributed by atoms with E-state index >= 15 is 0 Å². The summed E-state index contributed by atoms with van der Waals surface area (Å²) in [7, 11) is 0. The quantitative estimate of drug-likeness (QED) is 0.942. The molecule has 8 heteroatoms. The summed E-state index contributed by atoms with van der Waals surface area (Å²) in [6, 6.07) is 7.32. The van der Waals surface area contributed by atoms with Gasteiger partial charge in [-0.2, -0.15) is 0 Å². The van der Waals surface area contributed by atoms with E-state index in [4.69, 9.17) is 16.4 Å². The highest BCUT2D eigenvalue weighted by Gasteiger charge is 2.42. The van der Waals surface area contributed by atoms with Crippen LogP contribution in [0.2, 0.25) is 5.02 Å². The molecule has 1 aliphatic heterocycles. The van der Waals surface area contributed by atoms with Crippen LogP contribution in [0.15, 0.2) is 34.9 Å². The van der Waals surface area contributed by atoms with Gasteiger partial charge in [-0.1, -0.05) is 46.3 Å². The van der Waals surface area contributed by atoms with Gasteiger partial charge in [-0.05, 0) is 13.0 Å². The summed E-state index contributed by atoms with van der Waals surface area (Å²) in [5.41, 5.74) is 1.88. The van der Waals surface area contributed by atoms with Crippen molar-refractivity contribution in [3.05, 3.63) is 40.4 Å². The largest absolute Gasteiger partial charge is 0.379 e. The van der Waals surface area contributed by atoms with Crippen molar-refractivity contribution in [1.29, 1.82) is 0 Å². The lowest BCUT2D eigenvalue weighted by Gasteiger charge is -2.19. The molecule has 2 heterocycles. The van der Waals surface area contributed by atoms with Gasteiger partial charge < -0.3 is 4.84 Å². The van der Waals surface area contributed by atoms with Gasteiger partial charge in [0.1, 0.15) is 5.51 Å². The molecular weight excluding hydrogens is 312 g/mol. The molecular formula is C13H11ClN4O2S. The first-order chi connectivity index (χ1) is 10.1. The fourth-order valence-electron chi connectivity index (χ4n) is 1.96. The monoisotopic (exact) mass is 322 g/mol. The van der Waals surface area contributed by atoms with E-state index in [1.54, 1.807) is 18.5 Å². The first-order valence-electron chi connectivity index (χ1n) is 6.16. The number of carbonyl (C=O) groups is 1. The van der Waals surface area contributed by atoms with Gasteiger partial charge in [0, 0.05) is 17.0 Å². The number of oxime groups is 1. The van der Waals surface area contributed by atoms with Gasteiger partial charge in [-0.15, -0.1) is 10.2 Å². The van der Waals surface area contributed by atoms with Crippen LogP contribution in [-0.2, 0) is 9.63 Å². The molecule has 1 aromatic heterocycles. The third kappa shape index (κ3) is 2.74. The maximum Gasteiger partial charge on any atom is 0.273 e. The molecule has 0 saturated heterocycles. The normalized spacial score (nSPS) is 20.8. The zero-order chi connectivity index (χ0) is 14.9. The molecule has 0 aliphatic carbocycles. The lowest BCUT2D eigenvalue weighted by Crippen LogP contribution is -2.40. The molecule has 1 amide bonds. The van der Waals surface area contributed by atoms with Crippen LogP contribution in [-0.4, -0.2) is 27.4 Å². The smallest absolute Gasteiger partial charge is 0.273 e. The minimum absolute atomic E-state index is 0.315. The molecule has 1 atom stereocenters. The number of benzene rings is 1. The van der Waals surface area contributed by atoms with E-state index < -0.39 is 5.60 Å². The Morgan fingerprint density at radius 3 is 3.00 bits per heavy atom. The molecule has 0 saturated carbocycles. The Bertz CT molecular complexity index is 704. The zero-order valence-corrected chi connectivity index (χ0v) is 12.6. The average Bonchev–Trinajstić information content (AvgIpc) is 3.10. The molecule has 21 heavy (non-hydrogen) atoms. The van der Waals surface area contributed by atoms with Crippen LogP contribution in [0.5, 0.6) is 0 Å². The second kappa shape index (κ2) is 5.42. The summed E-state index contributed by atoms with van der Waals surface area (Å²) in [6.07, 6.45) is 0.335. The molecule has 1 aliphatic rings. The van der Waals surface area contributed by atoms with Crippen LogP contribution in [0.3, 0.4) is 0 Å². The molecule has 0 fully saturated rings. The summed E-state index contributed by atoms with van der Waals surface area (Å²) in [5.74, 6) is -0.315. The lowest BCUT2D eigenvalue weighted by molar-refractivity contribution is -0.135. The molecule has 6 nitrogen and oxygen atoms in total. The fraction of sp³-hybridized carbons (Fsp3) is 0.231. The van der Waals surface area contributed by atoms with Gasteiger partial charge in [0.05, 0.1) is 5.71 Å². The number of aromatic nitrogens is 2. The highest BCUT2D eigenvalue weighted by Crippen LogP contribution is 2.30. The van der Waals surface area contributed by atoms with Crippen molar-refractivity contribution >= 4 is 39.7 Å². The van der Waals surface area contributed by atoms with Crippen molar-refractivity contribution in [3.63, 3.8) is 0 Å². The Kier molecular flexibility index (Phi) is 3.60. The highest BCUT2D eigenvalue weighted by molar-refractivity contribution is 7.13. The number of nitrogens with one attached hydrogen (secondary N) is 1. The fourth-order valence-corrected chi connectivity index (χ4v) is 2.64. The molecule has 1 unspecified atom stereocenters. The van der Waals surface area contributed by atoms with Crippen LogP contribution in [0.1, 0.15) is 18.9 Å². The topological polar surface area (TPSA) is 76.5 Å². The number of nitrogens with zero attached hydrogens (tertiary/aromatic N) is 3. The molecule has 108 valence electrons. The van der Waals surface area contributed by atoms with Crippen molar-refractivity contribution in [2.45, 2.75) is 18.9 Å². The van der Waals surface area contributed by atoms with Crippen molar-refractivity contribution in [3.8, 4) is 0 Å². The van der Waals surface area contributed by atoms with Crippen molar-refractivity contribution in [2.24, 2.45) is 5.16 Å². The van der Waals surface area contributed by atoms with Crippen LogP contribution < -0.4 is 5.32 Å². The number of carbonyl (C=O) groups excluding carboxylic acids is 1. The lowest BCUT2D eigenvalue weighted by atomic mass is 9.95. The Hall–Kier alpha value is -1.99. The van der Waals surface area contributed by atoms with E-state index in [0.29, 0.717) is 22.3 Å². The maximum atomic E-state index is 12.3. The molecule has 0 bridgehead atoms. The van der Waals surface area contributed by atoms with Gasteiger partial charge in [0.25, 0.3) is 5.91 Å². The van der Waals surface area contributed by atoms with E-state index in [1.807, 2.05) is 18.2 Å². The van der Waals surface area contributed by atoms with Crippen molar-refractivity contribution in [1.82, 2.24) is 10.2 Å². The summed E-state index contributed by atoms with van der Waals surface area (Å²) >= 11 is 7.38. The van der Waals surface area contributed by atoms with Gasteiger partial charge in [-0.25, -0.2) is 0 Å². The zero-order valence-electron chi connectivity index (χ0n) is 11.0. The van der Waals surface area contributed by atoms with Crippen LogP contribution >= 0.6 is 22.9 Å². The number of anilines is 1. The molecule has 0 spiro atoms. The number of halogens is 1. The number of rotatable bonds is 3. The minimum atomic E-state index is -1.08. The second-order valence-electron chi connectivity index (χ2n) is 4.71. The average molecular weight is 323 g/mol. The summed E-state index contributed by atoms with van der Waals surface area (Å²) in [6.45, 7) is 1.68. The van der Waals surface area contributed by atoms with E-state index in [-0.39, 0.29) is 5.91 Å². The van der Waals surface area contributed by atoms with E-state index in [2.05, 4.69) is 20.7 Å². The number of hydrogen-bond acceptors (Lipinski definition) is 6. The van der Waals surface area contributed by atoms with Crippen LogP contribution in [0, 0.1) is 0 Å². The van der Waals surface area contributed by atoms with Crippen LogP contribution in [0.25, 0.3) is 0 Å². The molecule has 1 aromatic carbocycles. The Morgan fingerprint density at radius 2 is 2.29 bits per heavy atom. The van der Waals surface area contributed by atoms with E-state index in [9.17, 15) is 4.79 Å². The van der Waals surface area contributed by atoms with E-state index in [0.717, 1.165) is 5.56 Å². The molecule has 1 N–H and O–H groups in total. The maximum absolute atomic E-state index is 12.3. The van der Waals surface area contributed by atoms with Gasteiger partial charge in [0.2, 0.25) is 10.7 Å².